The van der Waals surface area contributed by atoms with Gasteiger partial charge in [0.25, 0.3) is 10.0 Å². The monoisotopic (exact) mass is 410 g/mol. The molecule has 0 aliphatic rings. The molecule has 138 valence electrons. The molecule has 2 aromatic heterocycles. The Hall–Kier alpha value is -2.85. The number of hydrogen-bond acceptors (Lipinski definition) is 5. The maximum Gasteiger partial charge on any atom is 0.272 e. The van der Waals surface area contributed by atoms with E-state index < -0.39 is 38.1 Å². The van der Waals surface area contributed by atoms with Crippen molar-refractivity contribution in [2.24, 2.45) is 0 Å². The summed E-state index contributed by atoms with van der Waals surface area (Å²) in [6, 6.07) is 5.77. The maximum atomic E-state index is 13.7. The van der Waals surface area contributed by atoms with Crippen LogP contribution < -0.4 is 0 Å². The molecule has 2 heterocycles. The van der Waals surface area contributed by atoms with Crippen LogP contribution in [-0.2, 0) is 10.0 Å². The summed E-state index contributed by atoms with van der Waals surface area (Å²) in [6.07, 6.45) is 1.41. The van der Waals surface area contributed by atoms with Crippen molar-refractivity contribution >= 4 is 32.3 Å². The number of thiazole rings is 1. The Balaban J connectivity index is 2.10. The highest BCUT2D eigenvalue weighted by Crippen LogP contribution is 2.37. The van der Waals surface area contributed by atoms with Crippen molar-refractivity contribution in [3.8, 4) is 16.3 Å². The van der Waals surface area contributed by atoms with Gasteiger partial charge >= 0.3 is 0 Å². The van der Waals surface area contributed by atoms with Crippen LogP contribution in [0.2, 0.25) is 0 Å². The van der Waals surface area contributed by atoms with Gasteiger partial charge in [-0.15, -0.1) is 11.3 Å². The fourth-order valence-corrected chi connectivity index (χ4v) is 5.09. The lowest BCUT2D eigenvalue weighted by Crippen LogP contribution is -2.15. The first-order valence-electron chi connectivity index (χ1n) is 7.42. The van der Waals surface area contributed by atoms with Gasteiger partial charge in [0.15, 0.2) is 11.6 Å². The normalized spacial score (nSPS) is 12.0. The molecule has 0 radical (unpaired) electrons. The smallest absolute Gasteiger partial charge is 0.272 e. The van der Waals surface area contributed by atoms with Crippen LogP contribution in [0.5, 0.6) is 5.75 Å². The molecule has 0 aliphatic heterocycles. The lowest BCUT2D eigenvalue weighted by Gasteiger charge is -2.13. The zero-order valence-electron chi connectivity index (χ0n) is 13.2. The Labute approximate surface area is 155 Å². The minimum absolute atomic E-state index is 0.0869. The Morgan fingerprint density at radius 1 is 1.04 bits per heavy atom. The molecule has 0 aliphatic carbocycles. The first-order chi connectivity index (χ1) is 12.8. The molecular weight excluding hydrogens is 401 g/mol. The first kappa shape index (κ1) is 17.6. The van der Waals surface area contributed by atoms with Gasteiger partial charge < -0.3 is 5.11 Å². The number of phenolic OH excluding ortho intramolecular Hbond substituents is 1. The van der Waals surface area contributed by atoms with Crippen molar-refractivity contribution in [3.63, 3.8) is 0 Å². The minimum Gasteiger partial charge on any atom is -0.504 e. The van der Waals surface area contributed by atoms with Crippen molar-refractivity contribution in [2.75, 3.05) is 0 Å². The molecule has 0 amide bonds. The quantitative estimate of drug-likeness (QED) is 0.551. The lowest BCUT2D eigenvalue weighted by molar-refractivity contribution is 0.411. The van der Waals surface area contributed by atoms with Crippen LogP contribution in [0.1, 0.15) is 0 Å². The molecule has 0 bridgehead atoms. The molecule has 10 heteroatoms. The second-order valence-electron chi connectivity index (χ2n) is 5.60. The third-order valence-corrected chi connectivity index (χ3v) is 6.45. The van der Waals surface area contributed by atoms with Crippen molar-refractivity contribution in [1.29, 1.82) is 0 Å². The molecule has 0 fully saturated rings. The summed E-state index contributed by atoms with van der Waals surface area (Å²) in [5.74, 6) is -4.34. The topological polar surface area (TPSA) is 72.2 Å². The van der Waals surface area contributed by atoms with Crippen LogP contribution >= 0.6 is 11.3 Å². The molecule has 0 saturated carbocycles. The average Bonchev–Trinajstić information content (AvgIpc) is 3.24. The van der Waals surface area contributed by atoms with Crippen LogP contribution in [0, 0.1) is 17.5 Å². The van der Waals surface area contributed by atoms with Gasteiger partial charge in [0.05, 0.1) is 21.6 Å². The molecule has 0 saturated heterocycles. The van der Waals surface area contributed by atoms with E-state index in [1.54, 1.807) is 0 Å². The number of phenols is 1. The van der Waals surface area contributed by atoms with E-state index in [2.05, 4.69) is 4.98 Å². The first-order valence-corrected chi connectivity index (χ1v) is 9.74. The number of hydrogen-bond donors (Lipinski definition) is 1. The molecule has 5 nitrogen and oxygen atoms in total. The summed E-state index contributed by atoms with van der Waals surface area (Å²) >= 11 is 1.13. The van der Waals surface area contributed by atoms with E-state index in [4.69, 9.17) is 0 Å². The van der Waals surface area contributed by atoms with Crippen LogP contribution in [0.4, 0.5) is 13.2 Å². The highest BCUT2D eigenvalue weighted by Gasteiger charge is 2.29. The van der Waals surface area contributed by atoms with Gasteiger partial charge in [0, 0.05) is 17.6 Å². The Bertz CT molecular complexity index is 1280. The van der Waals surface area contributed by atoms with Crippen molar-refractivity contribution in [1.82, 2.24) is 8.96 Å². The van der Waals surface area contributed by atoms with Crippen molar-refractivity contribution < 1.29 is 26.7 Å². The summed E-state index contributed by atoms with van der Waals surface area (Å²) in [6.45, 7) is 0. The molecule has 0 atom stereocenters. The fraction of sp³-hybridized carbons (Fsp3) is 0. The summed E-state index contributed by atoms with van der Waals surface area (Å²) in [4.78, 5) is 3.39. The summed E-state index contributed by atoms with van der Waals surface area (Å²) in [5.41, 5.74) is 1.69. The Morgan fingerprint density at radius 2 is 1.81 bits per heavy atom. The highest BCUT2D eigenvalue weighted by atomic mass is 32.2. The number of aromatic hydroxyl groups is 1. The number of benzene rings is 2. The molecule has 1 N–H and O–H groups in total. The number of fused-ring (bicyclic) bond motifs is 1. The van der Waals surface area contributed by atoms with Gasteiger partial charge in [0.1, 0.15) is 16.5 Å². The zero-order valence-corrected chi connectivity index (χ0v) is 14.9. The number of aromatic nitrogens is 2. The van der Waals surface area contributed by atoms with Gasteiger partial charge in [0.2, 0.25) is 0 Å². The van der Waals surface area contributed by atoms with Gasteiger partial charge in [-0.05, 0) is 30.3 Å². The van der Waals surface area contributed by atoms with Crippen LogP contribution in [0.15, 0.2) is 53.0 Å². The summed E-state index contributed by atoms with van der Waals surface area (Å²) in [5, 5.41) is 10.2. The van der Waals surface area contributed by atoms with E-state index in [0.717, 1.165) is 27.4 Å². The predicted octanol–water partition coefficient (Wildman–Crippen LogP) is 4.12. The molecule has 2 aromatic carbocycles. The van der Waals surface area contributed by atoms with E-state index in [0.29, 0.717) is 17.0 Å². The second kappa shape index (κ2) is 6.10. The molecule has 0 spiro atoms. The second-order valence-corrected chi connectivity index (χ2v) is 8.24. The fourth-order valence-electron chi connectivity index (χ4n) is 2.77. The largest absolute Gasteiger partial charge is 0.504 e. The summed E-state index contributed by atoms with van der Waals surface area (Å²) < 4.78 is 68.2. The number of nitrogens with zero attached hydrogens (tertiary/aromatic N) is 2. The molecular formula is C17H9F3N2O3S2. The van der Waals surface area contributed by atoms with E-state index in [-0.39, 0.29) is 16.6 Å². The maximum absolute atomic E-state index is 13.7. The Morgan fingerprint density at radius 3 is 2.52 bits per heavy atom. The lowest BCUT2D eigenvalue weighted by atomic mass is 10.2. The van der Waals surface area contributed by atoms with Gasteiger partial charge in [-0.1, -0.05) is 0 Å². The molecule has 0 unspecified atom stereocenters. The molecule has 4 aromatic rings. The summed E-state index contributed by atoms with van der Waals surface area (Å²) in [7, 11) is -4.62. The van der Waals surface area contributed by atoms with Crippen LogP contribution in [0.25, 0.3) is 21.5 Å². The van der Waals surface area contributed by atoms with Gasteiger partial charge in [-0.3, -0.25) is 4.98 Å². The Kier molecular flexibility index (Phi) is 3.97. The third kappa shape index (κ3) is 2.77. The van der Waals surface area contributed by atoms with E-state index in [1.165, 1.54) is 23.8 Å². The van der Waals surface area contributed by atoms with Crippen molar-refractivity contribution in [3.05, 3.63) is 65.6 Å². The standard InChI is InChI=1S/C17H9F3N2O3S2/c18-10-1-2-13-9(3-10)4-14(15-7-21-8-26-15)22(13)27(24,25)16-6-11(19)5-12(20)17(16)23/h1-8,23H. The van der Waals surface area contributed by atoms with Crippen LogP contribution in [0.3, 0.4) is 0 Å². The van der Waals surface area contributed by atoms with Crippen LogP contribution in [-0.4, -0.2) is 22.5 Å². The zero-order chi connectivity index (χ0) is 19.3. The predicted molar refractivity (Wildman–Crippen MR) is 93.6 cm³/mol. The molecule has 27 heavy (non-hydrogen) atoms. The van der Waals surface area contributed by atoms with Gasteiger partial charge in [-0.2, -0.15) is 0 Å². The van der Waals surface area contributed by atoms with E-state index >= 15 is 0 Å². The molecule has 4 rings (SSSR count). The van der Waals surface area contributed by atoms with E-state index in [1.807, 2.05) is 0 Å². The number of rotatable bonds is 3. The van der Waals surface area contributed by atoms with Gasteiger partial charge in [-0.25, -0.2) is 25.6 Å². The highest BCUT2D eigenvalue weighted by molar-refractivity contribution is 7.90. The van der Waals surface area contributed by atoms with Crippen molar-refractivity contribution in [2.45, 2.75) is 4.90 Å². The minimum atomic E-state index is -4.62. The number of halogens is 3. The SMILES string of the molecule is O=S(=O)(c1cc(F)cc(F)c1O)n1c(-c2cncs2)cc2cc(F)ccc21. The average molecular weight is 410 g/mol. The third-order valence-electron chi connectivity index (χ3n) is 3.92. The van der Waals surface area contributed by atoms with E-state index in [9.17, 15) is 26.7 Å².